The summed E-state index contributed by atoms with van der Waals surface area (Å²) in [5.74, 6) is 0.162. The summed E-state index contributed by atoms with van der Waals surface area (Å²) < 4.78 is 10.9. The second-order valence-corrected chi connectivity index (χ2v) is 4.80. The number of benzene rings is 2. The van der Waals surface area contributed by atoms with Gasteiger partial charge in [-0.05, 0) is 17.7 Å². The molecule has 112 valence electrons. The SMILES string of the molecule is COc1cc(-c2ccccc2)c(OC)c2[nH]c(C(=O)O)cc12. The zero-order valence-corrected chi connectivity index (χ0v) is 12.2. The van der Waals surface area contributed by atoms with Crippen molar-refractivity contribution in [3.8, 4) is 22.6 Å². The van der Waals surface area contributed by atoms with Crippen molar-refractivity contribution in [2.45, 2.75) is 0 Å². The fourth-order valence-electron chi connectivity index (χ4n) is 2.57. The molecule has 1 heterocycles. The van der Waals surface area contributed by atoms with E-state index in [9.17, 15) is 9.90 Å². The van der Waals surface area contributed by atoms with Crippen LogP contribution < -0.4 is 9.47 Å². The van der Waals surface area contributed by atoms with Gasteiger partial charge in [0, 0.05) is 10.9 Å². The molecule has 2 aromatic carbocycles. The van der Waals surface area contributed by atoms with Crippen molar-refractivity contribution in [3.63, 3.8) is 0 Å². The number of carboxylic acids is 1. The molecule has 0 unspecified atom stereocenters. The third-order valence-electron chi connectivity index (χ3n) is 3.57. The van der Waals surface area contributed by atoms with E-state index in [2.05, 4.69) is 4.98 Å². The van der Waals surface area contributed by atoms with Crippen molar-refractivity contribution in [2.24, 2.45) is 0 Å². The highest BCUT2D eigenvalue weighted by atomic mass is 16.5. The molecule has 1 aromatic heterocycles. The van der Waals surface area contributed by atoms with Crippen LogP contribution in [0.1, 0.15) is 10.5 Å². The molecule has 0 bridgehead atoms. The van der Waals surface area contributed by atoms with Gasteiger partial charge in [-0.3, -0.25) is 0 Å². The number of ether oxygens (including phenoxy) is 2. The van der Waals surface area contributed by atoms with E-state index in [4.69, 9.17) is 9.47 Å². The van der Waals surface area contributed by atoms with Gasteiger partial charge in [0.2, 0.25) is 0 Å². The predicted octanol–water partition coefficient (Wildman–Crippen LogP) is 3.55. The number of nitrogens with one attached hydrogen (secondary N) is 1. The van der Waals surface area contributed by atoms with E-state index >= 15 is 0 Å². The largest absolute Gasteiger partial charge is 0.496 e. The van der Waals surface area contributed by atoms with Gasteiger partial charge in [0.25, 0.3) is 0 Å². The van der Waals surface area contributed by atoms with Gasteiger partial charge >= 0.3 is 5.97 Å². The Morgan fingerprint density at radius 2 is 1.82 bits per heavy atom. The van der Waals surface area contributed by atoms with E-state index in [-0.39, 0.29) is 5.69 Å². The Labute approximate surface area is 127 Å². The summed E-state index contributed by atoms with van der Waals surface area (Å²) >= 11 is 0. The number of fused-ring (bicyclic) bond motifs is 1. The van der Waals surface area contributed by atoms with Crippen LogP contribution >= 0.6 is 0 Å². The van der Waals surface area contributed by atoms with E-state index in [0.717, 1.165) is 11.1 Å². The van der Waals surface area contributed by atoms with Crippen molar-refractivity contribution >= 4 is 16.9 Å². The minimum absolute atomic E-state index is 0.0943. The Kier molecular flexibility index (Phi) is 3.47. The average Bonchev–Trinajstić information content (AvgIpc) is 2.99. The predicted molar refractivity (Wildman–Crippen MR) is 83.8 cm³/mol. The Morgan fingerprint density at radius 1 is 1.09 bits per heavy atom. The monoisotopic (exact) mass is 297 g/mol. The van der Waals surface area contributed by atoms with Crippen molar-refractivity contribution in [1.82, 2.24) is 4.98 Å². The molecule has 0 saturated heterocycles. The number of rotatable bonds is 4. The minimum atomic E-state index is -1.03. The molecular formula is C17H15NO4. The molecule has 0 spiro atoms. The maximum absolute atomic E-state index is 11.2. The van der Waals surface area contributed by atoms with Crippen LogP contribution in [0.3, 0.4) is 0 Å². The third-order valence-corrected chi connectivity index (χ3v) is 3.57. The normalized spacial score (nSPS) is 10.6. The summed E-state index contributed by atoms with van der Waals surface area (Å²) in [6.07, 6.45) is 0. The van der Waals surface area contributed by atoms with Gasteiger partial charge in [0.1, 0.15) is 11.4 Å². The van der Waals surface area contributed by atoms with Gasteiger partial charge < -0.3 is 19.6 Å². The van der Waals surface area contributed by atoms with Crippen molar-refractivity contribution in [3.05, 3.63) is 48.2 Å². The van der Waals surface area contributed by atoms with Crippen LogP contribution in [0.25, 0.3) is 22.0 Å². The lowest BCUT2D eigenvalue weighted by Gasteiger charge is -2.13. The van der Waals surface area contributed by atoms with Crippen LogP contribution in [-0.2, 0) is 0 Å². The first kappa shape index (κ1) is 14.0. The summed E-state index contributed by atoms with van der Waals surface area (Å²) in [5, 5.41) is 9.86. The van der Waals surface area contributed by atoms with E-state index in [0.29, 0.717) is 22.4 Å². The number of carbonyl (C=O) groups is 1. The number of carboxylic acid groups (broad SMARTS) is 1. The highest BCUT2D eigenvalue weighted by Gasteiger charge is 2.19. The number of aromatic nitrogens is 1. The van der Waals surface area contributed by atoms with E-state index in [1.54, 1.807) is 20.3 Å². The number of aromatic carboxylic acids is 1. The van der Waals surface area contributed by atoms with Gasteiger partial charge in [0.05, 0.1) is 19.7 Å². The first-order chi connectivity index (χ1) is 10.7. The van der Waals surface area contributed by atoms with E-state index < -0.39 is 5.97 Å². The molecule has 0 radical (unpaired) electrons. The Balaban J connectivity index is 2.36. The second kappa shape index (κ2) is 5.44. The summed E-state index contributed by atoms with van der Waals surface area (Å²) in [5.41, 5.74) is 2.51. The van der Waals surface area contributed by atoms with Gasteiger partial charge in [-0.2, -0.15) is 0 Å². The Hall–Kier alpha value is -2.95. The standard InChI is InChI=1S/C17H15NO4/c1-21-14-9-11(10-6-4-3-5-7-10)16(22-2)15-12(14)8-13(18-15)17(19)20/h3-9,18H,1-2H3,(H,19,20). The fourth-order valence-corrected chi connectivity index (χ4v) is 2.57. The zero-order chi connectivity index (χ0) is 15.7. The maximum Gasteiger partial charge on any atom is 0.352 e. The molecule has 5 nitrogen and oxygen atoms in total. The first-order valence-electron chi connectivity index (χ1n) is 6.72. The molecule has 0 fully saturated rings. The highest BCUT2D eigenvalue weighted by Crippen LogP contribution is 2.41. The Morgan fingerprint density at radius 3 is 2.41 bits per heavy atom. The quantitative estimate of drug-likeness (QED) is 0.772. The maximum atomic E-state index is 11.2. The second-order valence-electron chi connectivity index (χ2n) is 4.80. The van der Waals surface area contributed by atoms with Crippen molar-refractivity contribution < 1.29 is 19.4 Å². The molecule has 0 atom stereocenters. The molecule has 2 N–H and O–H groups in total. The molecule has 22 heavy (non-hydrogen) atoms. The summed E-state index contributed by atoms with van der Waals surface area (Å²) in [4.78, 5) is 14.1. The number of methoxy groups -OCH3 is 2. The molecule has 5 heteroatoms. The lowest BCUT2D eigenvalue weighted by atomic mass is 10.0. The molecule has 0 saturated carbocycles. The van der Waals surface area contributed by atoms with Crippen LogP contribution in [0.4, 0.5) is 0 Å². The van der Waals surface area contributed by atoms with Gasteiger partial charge in [-0.15, -0.1) is 0 Å². The zero-order valence-electron chi connectivity index (χ0n) is 12.2. The summed E-state index contributed by atoms with van der Waals surface area (Å²) in [6.45, 7) is 0. The van der Waals surface area contributed by atoms with Crippen LogP contribution in [-0.4, -0.2) is 30.3 Å². The molecule has 3 rings (SSSR count). The van der Waals surface area contributed by atoms with Crippen molar-refractivity contribution in [2.75, 3.05) is 14.2 Å². The highest BCUT2D eigenvalue weighted by molar-refractivity contribution is 6.02. The molecular weight excluding hydrogens is 282 g/mol. The molecule has 0 amide bonds. The first-order valence-corrected chi connectivity index (χ1v) is 6.72. The van der Waals surface area contributed by atoms with Crippen LogP contribution in [0.15, 0.2) is 42.5 Å². The molecule has 3 aromatic rings. The van der Waals surface area contributed by atoms with Gasteiger partial charge in [-0.25, -0.2) is 4.79 Å². The minimum Gasteiger partial charge on any atom is -0.496 e. The van der Waals surface area contributed by atoms with Crippen LogP contribution in [0, 0.1) is 0 Å². The number of hydrogen-bond donors (Lipinski definition) is 2. The van der Waals surface area contributed by atoms with Crippen molar-refractivity contribution in [1.29, 1.82) is 0 Å². The van der Waals surface area contributed by atoms with E-state index in [1.165, 1.54) is 0 Å². The van der Waals surface area contributed by atoms with Crippen LogP contribution in [0.2, 0.25) is 0 Å². The third kappa shape index (κ3) is 2.16. The summed E-state index contributed by atoms with van der Waals surface area (Å²) in [6, 6.07) is 13.1. The van der Waals surface area contributed by atoms with Crippen LogP contribution in [0.5, 0.6) is 11.5 Å². The Bertz CT molecular complexity index is 837. The van der Waals surface area contributed by atoms with Gasteiger partial charge in [-0.1, -0.05) is 30.3 Å². The molecule has 0 aliphatic rings. The molecule has 0 aliphatic carbocycles. The lowest BCUT2D eigenvalue weighted by Crippen LogP contribution is -1.95. The van der Waals surface area contributed by atoms with Gasteiger partial charge in [0.15, 0.2) is 5.75 Å². The number of aromatic amines is 1. The number of H-pyrrole nitrogens is 1. The average molecular weight is 297 g/mol. The lowest BCUT2D eigenvalue weighted by molar-refractivity contribution is 0.0691. The van der Waals surface area contributed by atoms with E-state index in [1.807, 2.05) is 36.4 Å². The fraction of sp³-hybridized carbons (Fsp3) is 0.118. The smallest absolute Gasteiger partial charge is 0.352 e. The summed E-state index contributed by atoms with van der Waals surface area (Å²) in [7, 11) is 3.12. The topological polar surface area (TPSA) is 71.5 Å². The molecule has 0 aliphatic heterocycles. The number of hydrogen-bond acceptors (Lipinski definition) is 3.